The average Bonchev–Trinajstić information content (AvgIpc) is 3.29. The third-order valence-corrected chi connectivity index (χ3v) is 5.31. The molecule has 0 spiro atoms. The second kappa shape index (κ2) is 6.07. The summed E-state index contributed by atoms with van der Waals surface area (Å²) in [4.78, 5) is 8.99. The van der Waals surface area contributed by atoms with E-state index in [2.05, 4.69) is 15.1 Å². The fourth-order valence-electron chi connectivity index (χ4n) is 3.06. The van der Waals surface area contributed by atoms with Crippen molar-refractivity contribution in [2.24, 2.45) is 5.73 Å². The second-order valence-electron chi connectivity index (χ2n) is 6.21. The van der Waals surface area contributed by atoms with Crippen molar-refractivity contribution < 1.29 is 8.91 Å². The lowest BCUT2D eigenvalue weighted by Gasteiger charge is -2.17. The predicted molar refractivity (Wildman–Crippen MR) is 88.9 cm³/mol. The Hall–Kier alpha value is -2.12. The molecule has 1 aliphatic carbocycles. The van der Waals surface area contributed by atoms with Crippen LogP contribution in [0.2, 0.25) is 0 Å². The Morgan fingerprint density at radius 2 is 2.08 bits per heavy atom. The van der Waals surface area contributed by atoms with Crippen LogP contribution in [-0.4, -0.2) is 15.1 Å². The Bertz CT molecular complexity index is 854. The monoisotopic (exact) mass is 344 g/mol. The van der Waals surface area contributed by atoms with E-state index < -0.39 is 5.54 Å². The standard InChI is InChI=1S/C17H17FN4OS/c18-12-5-3-4-11(8-12)15-20-13(10-24-15)9-14-21-16(22-23-14)17(19)6-1-2-7-17/h3-5,8,10H,1-2,6-7,9,19H2. The smallest absolute Gasteiger partial charge is 0.232 e. The van der Waals surface area contributed by atoms with E-state index >= 15 is 0 Å². The van der Waals surface area contributed by atoms with Gasteiger partial charge < -0.3 is 10.3 Å². The molecule has 5 nitrogen and oxygen atoms in total. The van der Waals surface area contributed by atoms with Crippen molar-refractivity contribution in [3.63, 3.8) is 0 Å². The number of nitrogens with two attached hydrogens (primary N) is 1. The van der Waals surface area contributed by atoms with Gasteiger partial charge in [0.2, 0.25) is 5.89 Å². The van der Waals surface area contributed by atoms with Crippen molar-refractivity contribution in [2.45, 2.75) is 37.6 Å². The molecule has 2 aromatic heterocycles. The summed E-state index contributed by atoms with van der Waals surface area (Å²) in [6, 6.07) is 6.42. The highest BCUT2D eigenvalue weighted by molar-refractivity contribution is 7.13. The zero-order valence-electron chi connectivity index (χ0n) is 13.0. The fourth-order valence-corrected chi connectivity index (χ4v) is 3.87. The molecule has 4 rings (SSSR count). The third-order valence-electron chi connectivity index (χ3n) is 4.36. The van der Waals surface area contributed by atoms with E-state index in [9.17, 15) is 4.39 Å². The van der Waals surface area contributed by atoms with Crippen LogP contribution in [0.1, 0.15) is 43.1 Å². The molecule has 0 aliphatic heterocycles. The molecule has 0 unspecified atom stereocenters. The molecule has 0 radical (unpaired) electrons. The molecule has 124 valence electrons. The first-order valence-electron chi connectivity index (χ1n) is 7.95. The van der Waals surface area contributed by atoms with Crippen LogP contribution in [0.3, 0.4) is 0 Å². The third kappa shape index (κ3) is 2.97. The number of halogens is 1. The van der Waals surface area contributed by atoms with Gasteiger partial charge in [-0.25, -0.2) is 9.37 Å². The first-order valence-corrected chi connectivity index (χ1v) is 8.83. The minimum Gasteiger partial charge on any atom is -0.339 e. The molecule has 2 N–H and O–H groups in total. The van der Waals surface area contributed by atoms with Crippen molar-refractivity contribution in [1.29, 1.82) is 0 Å². The number of nitrogens with zero attached hydrogens (tertiary/aromatic N) is 3. The normalized spacial score (nSPS) is 16.6. The highest BCUT2D eigenvalue weighted by Crippen LogP contribution is 2.34. The maximum absolute atomic E-state index is 13.3. The molecule has 2 heterocycles. The summed E-state index contributed by atoms with van der Waals surface area (Å²) in [6.45, 7) is 0. The fraction of sp³-hybridized carbons (Fsp3) is 0.353. The van der Waals surface area contributed by atoms with Crippen molar-refractivity contribution in [2.75, 3.05) is 0 Å². The quantitative estimate of drug-likeness (QED) is 0.781. The lowest BCUT2D eigenvalue weighted by atomic mass is 9.99. The van der Waals surface area contributed by atoms with E-state index in [-0.39, 0.29) is 5.82 Å². The number of thiazole rings is 1. The number of hydrogen-bond donors (Lipinski definition) is 1. The van der Waals surface area contributed by atoms with Gasteiger partial charge in [0.25, 0.3) is 0 Å². The Morgan fingerprint density at radius 1 is 1.25 bits per heavy atom. The lowest BCUT2D eigenvalue weighted by Crippen LogP contribution is -2.34. The maximum Gasteiger partial charge on any atom is 0.232 e. The van der Waals surface area contributed by atoms with Gasteiger partial charge in [0.05, 0.1) is 17.7 Å². The summed E-state index contributed by atoms with van der Waals surface area (Å²) in [5, 5.41) is 6.76. The molecule has 0 saturated heterocycles. The van der Waals surface area contributed by atoms with Crippen LogP contribution < -0.4 is 5.73 Å². The van der Waals surface area contributed by atoms with Crippen LogP contribution in [0.15, 0.2) is 34.2 Å². The Balaban J connectivity index is 1.51. The predicted octanol–water partition coefficient (Wildman–Crippen LogP) is 3.65. The molecule has 0 bridgehead atoms. The SMILES string of the molecule is NC1(c2noc(Cc3csc(-c4cccc(F)c4)n3)n2)CCCC1. The molecular formula is C17H17FN4OS. The average molecular weight is 344 g/mol. The van der Waals surface area contributed by atoms with Gasteiger partial charge in [-0.15, -0.1) is 11.3 Å². The molecule has 0 atom stereocenters. The summed E-state index contributed by atoms with van der Waals surface area (Å²) in [5.74, 6) is 0.837. The van der Waals surface area contributed by atoms with Crippen LogP contribution >= 0.6 is 11.3 Å². The zero-order chi connectivity index (χ0) is 16.6. The van der Waals surface area contributed by atoms with Gasteiger partial charge in [-0.3, -0.25) is 0 Å². The van der Waals surface area contributed by atoms with E-state index in [4.69, 9.17) is 10.3 Å². The van der Waals surface area contributed by atoms with Crippen LogP contribution in [-0.2, 0) is 12.0 Å². The Labute approximate surface area is 142 Å². The first kappa shape index (κ1) is 15.4. The van der Waals surface area contributed by atoms with Gasteiger partial charge in [0, 0.05) is 10.9 Å². The van der Waals surface area contributed by atoms with Gasteiger partial charge in [-0.05, 0) is 25.0 Å². The van der Waals surface area contributed by atoms with Crippen LogP contribution in [0.4, 0.5) is 4.39 Å². The molecule has 1 aliphatic rings. The van der Waals surface area contributed by atoms with E-state index in [1.54, 1.807) is 6.07 Å². The number of benzene rings is 1. The Morgan fingerprint density at radius 3 is 2.88 bits per heavy atom. The summed E-state index contributed by atoms with van der Waals surface area (Å²) < 4.78 is 18.7. The summed E-state index contributed by atoms with van der Waals surface area (Å²) in [7, 11) is 0. The van der Waals surface area contributed by atoms with E-state index in [0.717, 1.165) is 41.9 Å². The van der Waals surface area contributed by atoms with E-state index in [1.807, 2.05) is 11.4 Å². The Kier molecular flexibility index (Phi) is 3.90. The molecular weight excluding hydrogens is 327 g/mol. The highest BCUT2D eigenvalue weighted by atomic mass is 32.1. The topological polar surface area (TPSA) is 77.8 Å². The van der Waals surface area contributed by atoms with Crippen molar-refractivity contribution in [3.05, 3.63) is 52.9 Å². The molecule has 24 heavy (non-hydrogen) atoms. The lowest BCUT2D eigenvalue weighted by molar-refractivity contribution is 0.352. The molecule has 3 aromatic rings. The maximum atomic E-state index is 13.3. The molecule has 7 heteroatoms. The van der Waals surface area contributed by atoms with Gasteiger partial charge in [-0.1, -0.05) is 30.1 Å². The van der Waals surface area contributed by atoms with Gasteiger partial charge >= 0.3 is 0 Å². The van der Waals surface area contributed by atoms with Gasteiger partial charge in [-0.2, -0.15) is 4.98 Å². The van der Waals surface area contributed by atoms with Gasteiger partial charge in [0.1, 0.15) is 10.8 Å². The zero-order valence-corrected chi connectivity index (χ0v) is 13.9. The largest absolute Gasteiger partial charge is 0.339 e. The summed E-state index contributed by atoms with van der Waals surface area (Å²) in [6.07, 6.45) is 4.45. The molecule has 1 saturated carbocycles. The van der Waals surface area contributed by atoms with Crippen molar-refractivity contribution in [1.82, 2.24) is 15.1 Å². The van der Waals surface area contributed by atoms with E-state index in [0.29, 0.717) is 18.1 Å². The first-order chi connectivity index (χ1) is 11.6. The summed E-state index contributed by atoms with van der Waals surface area (Å²) in [5.41, 5.74) is 7.49. The number of hydrogen-bond acceptors (Lipinski definition) is 6. The van der Waals surface area contributed by atoms with Crippen LogP contribution in [0, 0.1) is 5.82 Å². The van der Waals surface area contributed by atoms with Crippen LogP contribution in [0.5, 0.6) is 0 Å². The molecule has 0 amide bonds. The summed E-state index contributed by atoms with van der Waals surface area (Å²) >= 11 is 1.47. The van der Waals surface area contributed by atoms with Gasteiger partial charge in [0.15, 0.2) is 5.82 Å². The van der Waals surface area contributed by atoms with Crippen molar-refractivity contribution in [3.8, 4) is 10.6 Å². The number of aromatic nitrogens is 3. The molecule has 1 aromatic carbocycles. The number of rotatable bonds is 4. The minimum atomic E-state index is -0.448. The highest BCUT2D eigenvalue weighted by Gasteiger charge is 2.35. The minimum absolute atomic E-state index is 0.268. The van der Waals surface area contributed by atoms with E-state index in [1.165, 1.54) is 23.5 Å². The van der Waals surface area contributed by atoms with Crippen LogP contribution in [0.25, 0.3) is 10.6 Å². The molecule has 1 fully saturated rings. The van der Waals surface area contributed by atoms with Crippen molar-refractivity contribution >= 4 is 11.3 Å². The second-order valence-corrected chi connectivity index (χ2v) is 7.06.